The molecule has 0 saturated carbocycles. The Balaban J connectivity index is 0.00000156. The van der Waals surface area contributed by atoms with Crippen LogP contribution in [-0.4, -0.2) is 35.4 Å². The summed E-state index contributed by atoms with van der Waals surface area (Å²) in [5.41, 5.74) is 6.08. The van der Waals surface area contributed by atoms with E-state index in [4.69, 9.17) is 5.26 Å². The molecule has 0 unspecified atom stereocenters. The molecule has 134 valence electrons. The van der Waals surface area contributed by atoms with E-state index in [1.807, 2.05) is 30.6 Å². The number of aromatic nitrogens is 1. The van der Waals surface area contributed by atoms with Crippen LogP contribution in [-0.2, 0) is 26.1 Å². The van der Waals surface area contributed by atoms with Crippen LogP contribution in [0.25, 0.3) is 0 Å². The summed E-state index contributed by atoms with van der Waals surface area (Å²) in [5, 5.41) is 9.02. The number of nitrogens with zero attached hydrogens (tertiary/aromatic N) is 4. The molecular formula is C19H24Cl2N4. The number of benzene rings is 1. The maximum Gasteiger partial charge on any atom is 0.0991 e. The summed E-state index contributed by atoms with van der Waals surface area (Å²) in [6.07, 6.45) is 5.08. The fraction of sp³-hybridized carbons (Fsp3) is 0.368. The summed E-state index contributed by atoms with van der Waals surface area (Å²) in [4.78, 5) is 9.05. The van der Waals surface area contributed by atoms with E-state index in [1.54, 1.807) is 0 Å². The van der Waals surface area contributed by atoms with Crippen LogP contribution < -0.4 is 0 Å². The fourth-order valence-corrected chi connectivity index (χ4v) is 3.24. The van der Waals surface area contributed by atoms with Crippen LogP contribution in [0.3, 0.4) is 0 Å². The second kappa shape index (κ2) is 9.74. The third kappa shape index (κ3) is 5.42. The number of fused-ring (bicyclic) bond motifs is 1. The SMILES string of the molecule is CN(C)Cc1cncc2c1CCN(Cc1cccc(C#N)c1)C2.Cl.Cl. The van der Waals surface area contributed by atoms with Crippen LogP contribution in [0.4, 0.5) is 0 Å². The highest BCUT2D eigenvalue weighted by Gasteiger charge is 2.19. The summed E-state index contributed by atoms with van der Waals surface area (Å²) in [6, 6.07) is 10.1. The van der Waals surface area contributed by atoms with Gasteiger partial charge in [-0.1, -0.05) is 12.1 Å². The van der Waals surface area contributed by atoms with Gasteiger partial charge in [0, 0.05) is 38.6 Å². The number of nitriles is 1. The molecule has 2 aromatic rings. The zero-order valence-electron chi connectivity index (χ0n) is 14.6. The molecule has 0 spiro atoms. The van der Waals surface area contributed by atoms with Crippen molar-refractivity contribution in [3.8, 4) is 6.07 Å². The third-order valence-electron chi connectivity index (χ3n) is 4.26. The smallest absolute Gasteiger partial charge is 0.0991 e. The lowest BCUT2D eigenvalue weighted by atomic mass is 9.96. The highest BCUT2D eigenvalue weighted by molar-refractivity contribution is 5.85. The summed E-state index contributed by atoms with van der Waals surface area (Å²) in [6.45, 7) is 3.81. The Bertz CT molecular complexity index is 740. The molecule has 0 amide bonds. The molecule has 0 atom stereocenters. The minimum Gasteiger partial charge on any atom is -0.305 e. The molecule has 0 N–H and O–H groups in total. The Kier molecular flexibility index (Phi) is 8.34. The number of halogens is 2. The average Bonchev–Trinajstić information content (AvgIpc) is 2.54. The van der Waals surface area contributed by atoms with Crippen LogP contribution >= 0.6 is 24.8 Å². The second-order valence-corrected chi connectivity index (χ2v) is 6.45. The summed E-state index contributed by atoms with van der Waals surface area (Å²) in [7, 11) is 4.19. The van der Waals surface area contributed by atoms with Gasteiger partial charge in [0.1, 0.15) is 0 Å². The molecule has 2 heterocycles. The zero-order chi connectivity index (χ0) is 16.2. The van der Waals surface area contributed by atoms with Crippen molar-refractivity contribution < 1.29 is 0 Å². The Morgan fingerprint density at radius 3 is 2.76 bits per heavy atom. The molecule has 0 saturated heterocycles. The molecular weight excluding hydrogens is 355 g/mol. The van der Waals surface area contributed by atoms with Gasteiger partial charge in [-0.15, -0.1) is 24.8 Å². The average molecular weight is 379 g/mol. The first kappa shape index (κ1) is 21.4. The zero-order valence-corrected chi connectivity index (χ0v) is 16.2. The van der Waals surface area contributed by atoms with E-state index >= 15 is 0 Å². The molecule has 3 rings (SSSR count). The van der Waals surface area contributed by atoms with Crippen molar-refractivity contribution in [2.45, 2.75) is 26.1 Å². The summed E-state index contributed by atoms with van der Waals surface area (Å²) < 4.78 is 0. The molecule has 0 aliphatic carbocycles. The van der Waals surface area contributed by atoms with Crippen molar-refractivity contribution in [3.05, 3.63) is 64.5 Å². The van der Waals surface area contributed by atoms with E-state index in [0.29, 0.717) is 0 Å². The first-order valence-electron chi connectivity index (χ1n) is 7.96. The Hall–Kier alpha value is -1.64. The molecule has 0 radical (unpaired) electrons. The van der Waals surface area contributed by atoms with Gasteiger partial charge in [0.2, 0.25) is 0 Å². The minimum absolute atomic E-state index is 0. The van der Waals surface area contributed by atoms with E-state index in [9.17, 15) is 0 Å². The molecule has 1 aliphatic rings. The maximum absolute atomic E-state index is 9.02. The highest BCUT2D eigenvalue weighted by Crippen LogP contribution is 2.23. The van der Waals surface area contributed by atoms with E-state index in [0.717, 1.165) is 38.2 Å². The number of pyridine rings is 1. The Labute approximate surface area is 162 Å². The topological polar surface area (TPSA) is 43.2 Å². The van der Waals surface area contributed by atoms with Gasteiger partial charge in [0.05, 0.1) is 11.6 Å². The lowest BCUT2D eigenvalue weighted by Gasteiger charge is -2.30. The molecule has 25 heavy (non-hydrogen) atoms. The molecule has 1 aromatic heterocycles. The fourth-order valence-electron chi connectivity index (χ4n) is 3.24. The minimum atomic E-state index is 0. The van der Waals surface area contributed by atoms with Crippen LogP contribution in [0, 0.1) is 11.3 Å². The van der Waals surface area contributed by atoms with Gasteiger partial charge in [0.15, 0.2) is 0 Å². The van der Waals surface area contributed by atoms with Gasteiger partial charge in [-0.25, -0.2) is 0 Å². The van der Waals surface area contributed by atoms with Crippen LogP contribution in [0.15, 0.2) is 36.7 Å². The Morgan fingerprint density at radius 2 is 2.04 bits per heavy atom. The van der Waals surface area contributed by atoms with Crippen molar-refractivity contribution in [1.82, 2.24) is 14.8 Å². The normalized spacial score (nSPS) is 13.4. The lowest BCUT2D eigenvalue weighted by molar-refractivity contribution is 0.243. The van der Waals surface area contributed by atoms with Gasteiger partial charge < -0.3 is 4.90 Å². The van der Waals surface area contributed by atoms with E-state index in [1.165, 1.54) is 22.3 Å². The van der Waals surface area contributed by atoms with Crippen LogP contribution in [0.5, 0.6) is 0 Å². The van der Waals surface area contributed by atoms with E-state index in [2.05, 4.69) is 41.0 Å². The Morgan fingerprint density at radius 1 is 1.24 bits per heavy atom. The van der Waals surface area contributed by atoms with Crippen molar-refractivity contribution in [3.63, 3.8) is 0 Å². The van der Waals surface area contributed by atoms with Gasteiger partial charge >= 0.3 is 0 Å². The third-order valence-corrected chi connectivity index (χ3v) is 4.26. The van der Waals surface area contributed by atoms with Crippen molar-refractivity contribution >= 4 is 24.8 Å². The highest BCUT2D eigenvalue weighted by atomic mass is 35.5. The molecule has 1 aliphatic heterocycles. The predicted molar refractivity (Wildman–Crippen MR) is 105 cm³/mol. The maximum atomic E-state index is 9.02. The molecule has 0 bridgehead atoms. The van der Waals surface area contributed by atoms with Crippen molar-refractivity contribution in [1.29, 1.82) is 5.26 Å². The van der Waals surface area contributed by atoms with Gasteiger partial charge in [-0.2, -0.15) is 5.26 Å². The molecule has 1 aromatic carbocycles. The van der Waals surface area contributed by atoms with Gasteiger partial charge in [0.25, 0.3) is 0 Å². The monoisotopic (exact) mass is 378 g/mol. The predicted octanol–water partition coefficient (Wildman–Crippen LogP) is 3.42. The van der Waals surface area contributed by atoms with Crippen LogP contribution in [0.2, 0.25) is 0 Å². The first-order valence-corrected chi connectivity index (χ1v) is 7.96. The van der Waals surface area contributed by atoms with E-state index in [-0.39, 0.29) is 24.8 Å². The largest absolute Gasteiger partial charge is 0.305 e. The molecule has 6 heteroatoms. The van der Waals surface area contributed by atoms with Crippen LogP contribution in [0.1, 0.15) is 27.8 Å². The van der Waals surface area contributed by atoms with Gasteiger partial charge in [-0.3, -0.25) is 9.88 Å². The first-order chi connectivity index (χ1) is 11.2. The quantitative estimate of drug-likeness (QED) is 0.817. The van der Waals surface area contributed by atoms with Crippen molar-refractivity contribution in [2.24, 2.45) is 0 Å². The number of hydrogen-bond donors (Lipinski definition) is 0. The summed E-state index contributed by atoms with van der Waals surface area (Å²) >= 11 is 0. The van der Waals surface area contributed by atoms with E-state index < -0.39 is 0 Å². The summed E-state index contributed by atoms with van der Waals surface area (Å²) in [5.74, 6) is 0. The second-order valence-electron chi connectivity index (χ2n) is 6.45. The van der Waals surface area contributed by atoms with Gasteiger partial charge in [-0.05, 0) is 54.9 Å². The molecule has 4 nitrogen and oxygen atoms in total. The molecule has 0 fully saturated rings. The van der Waals surface area contributed by atoms with Crippen molar-refractivity contribution in [2.75, 3.05) is 20.6 Å². The number of rotatable bonds is 4. The standard InChI is InChI=1S/C19H22N4.2ClH/c1-22(2)13-17-10-21-11-18-14-23(7-6-19(17)18)12-16-5-3-4-15(8-16)9-20;;/h3-5,8,10-11H,6-7,12-14H2,1-2H3;2*1H. The lowest BCUT2D eigenvalue weighted by Crippen LogP contribution is -2.31. The number of hydrogen-bond acceptors (Lipinski definition) is 4.